The molecule has 2 aromatic rings. The Morgan fingerprint density at radius 1 is 0.773 bits per heavy atom. The smallest absolute Gasteiger partial charge is 0.410 e. The number of hydrogen-bond donors (Lipinski definition) is 0. The second-order valence-corrected chi connectivity index (χ2v) is 4.96. The van der Waals surface area contributed by atoms with Crippen molar-refractivity contribution in [3.8, 4) is 11.5 Å². The second kappa shape index (κ2) is 6.30. The summed E-state index contributed by atoms with van der Waals surface area (Å²) in [6.45, 7) is 0. The van der Waals surface area contributed by atoms with Crippen molar-refractivity contribution < 1.29 is 19.1 Å². The Balaban J connectivity index is 1.69. The first-order chi connectivity index (χ1) is 10.7. The molecule has 0 saturated heterocycles. The number of carbonyl (C=O) groups is 2. The summed E-state index contributed by atoms with van der Waals surface area (Å²) in [6, 6.07) is 17.2. The predicted molar refractivity (Wildman–Crippen MR) is 79.8 cm³/mol. The van der Waals surface area contributed by atoms with Crippen LogP contribution in [0.2, 0.25) is 0 Å². The van der Waals surface area contributed by atoms with Crippen LogP contribution >= 0.6 is 0 Å². The van der Waals surface area contributed by atoms with Crippen LogP contribution in [0.15, 0.2) is 60.7 Å². The minimum atomic E-state index is -0.713. The predicted octanol–water partition coefficient (Wildman–Crippen LogP) is 3.85. The maximum atomic E-state index is 12.2. The SMILES string of the molecule is O=C(Oc1ccccc1)N(C(=O)Oc1ccccc1)C1CC1. The molecule has 0 unspecified atom stereocenters. The number of para-hydroxylation sites is 2. The molecule has 5 heteroatoms. The maximum absolute atomic E-state index is 12.2. The minimum absolute atomic E-state index is 0.146. The highest BCUT2D eigenvalue weighted by molar-refractivity contribution is 5.90. The molecule has 0 atom stereocenters. The highest BCUT2D eigenvalue weighted by Crippen LogP contribution is 2.29. The summed E-state index contributed by atoms with van der Waals surface area (Å²) in [5.41, 5.74) is 0. The molecular formula is C17H15NO4. The molecule has 0 bridgehead atoms. The molecule has 0 heterocycles. The van der Waals surface area contributed by atoms with Gasteiger partial charge in [-0.3, -0.25) is 0 Å². The van der Waals surface area contributed by atoms with Crippen molar-refractivity contribution in [2.75, 3.05) is 0 Å². The molecule has 0 aromatic heterocycles. The van der Waals surface area contributed by atoms with Crippen LogP contribution in [0.5, 0.6) is 11.5 Å². The number of imide groups is 1. The number of hydrogen-bond acceptors (Lipinski definition) is 4. The largest absolute Gasteiger partial charge is 0.425 e. The molecule has 112 valence electrons. The van der Waals surface area contributed by atoms with Crippen molar-refractivity contribution in [1.82, 2.24) is 4.90 Å². The van der Waals surface area contributed by atoms with E-state index in [9.17, 15) is 9.59 Å². The van der Waals surface area contributed by atoms with Crippen LogP contribution < -0.4 is 9.47 Å². The van der Waals surface area contributed by atoms with Gasteiger partial charge in [-0.05, 0) is 37.1 Å². The normalized spacial score (nSPS) is 13.3. The van der Waals surface area contributed by atoms with E-state index < -0.39 is 12.2 Å². The quantitative estimate of drug-likeness (QED) is 0.863. The van der Waals surface area contributed by atoms with Crippen LogP contribution in [0.3, 0.4) is 0 Å². The Morgan fingerprint density at radius 3 is 1.55 bits per heavy atom. The average molecular weight is 297 g/mol. The van der Waals surface area contributed by atoms with Crippen molar-refractivity contribution in [3.05, 3.63) is 60.7 Å². The number of rotatable bonds is 3. The first kappa shape index (κ1) is 14.1. The number of benzene rings is 2. The maximum Gasteiger partial charge on any atom is 0.425 e. The van der Waals surface area contributed by atoms with E-state index in [1.165, 1.54) is 0 Å². The lowest BCUT2D eigenvalue weighted by Crippen LogP contribution is -2.42. The summed E-state index contributed by atoms with van der Waals surface area (Å²) in [5, 5.41) is 0. The van der Waals surface area contributed by atoms with Crippen LogP contribution in [-0.4, -0.2) is 23.1 Å². The fourth-order valence-electron chi connectivity index (χ4n) is 1.98. The average Bonchev–Trinajstić information content (AvgIpc) is 3.34. The molecule has 22 heavy (non-hydrogen) atoms. The summed E-state index contributed by atoms with van der Waals surface area (Å²) in [4.78, 5) is 25.5. The molecule has 0 aliphatic heterocycles. The standard InChI is InChI=1S/C17H15NO4/c19-16(21-14-7-3-1-4-8-14)18(13-11-12-13)17(20)22-15-9-5-2-6-10-15/h1-10,13H,11-12H2. The van der Waals surface area contributed by atoms with Gasteiger partial charge < -0.3 is 9.47 Å². The van der Waals surface area contributed by atoms with E-state index in [-0.39, 0.29) is 6.04 Å². The van der Waals surface area contributed by atoms with E-state index in [2.05, 4.69) is 0 Å². The van der Waals surface area contributed by atoms with E-state index in [0.717, 1.165) is 17.7 Å². The Morgan fingerprint density at radius 2 is 1.18 bits per heavy atom. The molecule has 0 spiro atoms. The third-order valence-electron chi connectivity index (χ3n) is 3.20. The van der Waals surface area contributed by atoms with Gasteiger partial charge in [-0.25, -0.2) is 14.5 Å². The van der Waals surface area contributed by atoms with Crippen molar-refractivity contribution in [2.24, 2.45) is 0 Å². The van der Waals surface area contributed by atoms with Crippen molar-refractivity contribution >= 4 is 12.2 Å². The highest BCUT2D eigenvalue weighted by atomic mass is 16.6. The third kappa shape index (κ3) is 3.44. The molecule has 1 fully saturated rings. The number of nitrogens with zero attached hydrogens (tertiary/aromatic N) is 1. The molecular weight excluding hydrogens is 282 g/mol. The monoisotopic (exact) mass is 297 g/mol. The molecule has 5 nitrogen and oxygen atoms in total. The fraction of sp³-hybridized carbons (Fsp3) is 0.176. The van der Waals surface area contributed by atoms with Gasteiger partial charge in [-0.2, -0.15) is 0 Å². The lowest BCUT2D eigenvalue weighted by molar-refractivity contribution is 0.129. The van der Waals surface area contributed by atoms with Gasteiger partial charge in [-0.1, -0.05) is 36.4 Å². The summed E-state index contributed by atoms with van der Waals surface area (Å²) < 4.78 is 10.4. The van der Waals surface area contributed by atoms with E-state index in [0.29, 0.717) is 11.5 Å². The zero-order chi connectivity index (χ0) is 15.4. The molecule has 0 radical (unpaired) electrons. The van der Waals surface area contributed by atoms with Gasteiger partial charge in [0.25, 0.3) is 0 Å². The Kier molecular flexibility index (Phi) is 4.05. The van der Waals surface area contributed by atoms with E-state index in [1.54, 1.807) is 48.5 Å². The van der Waals surface area contributed by atoms with Gasteiger partial charge in [0.2, 0.25) is 0 Å². The summed E-state index contributed by atoms with van der Waals surface area (Å²) >= 11 is 0. The lowest BCUT2D eigenvalue weighted by Gasteiger charge is -2.19. The van der Waals surface area contributed by atoms with Crippen LogP contribution in [0.1, 0.15) is 12.8 Å². The van der Waals surface area contributed by atoms with Crippen LogP contribution in [0, 0.1) is 0 Å². The topological polar surface area (TPSA) is 55.8 Å². The zero-order valence-corrected chi connectivity index (χ0v) is 11.8. The third-order valence-corrected chi connectivity index (χ3v) is 3.20. The fourth-order valence-corrected chi connectivity index (χ4v) is 1.98. The Labute approximate surface area is 128 Å². The number of amides is 2. The number of ether oxygens (including phenoxy) is 2. The Hall–Kier alpha value is -2.82. The molecule has 0 N–H and O–H groups in total. The van der Waals surface area contributed by atoms with Gasteiger partial charge >= 0.3 is 12.2 Å². The summed E-state index contributed by atoms with van der Waals surface area (Å²) in [6.07, 6.45) is 0.117. The summed E-state index contributed by atoms with van der Waals surface area (Å²) in [5.74, 6) is 0.788. The molecule has 1 saturated carbocycles. The molecule has 3 rings (SSSR count). The molecule has 2 amide bonds. The van der Waals surface area contributed by atoms with E-state index in [1.807, 2.05) is 12.1 Å². The second-order valence-electron chi connectivity index (χ2n) is 4.96. The van der Waals surface area contributed by atoms with Crippen molar-refractivity contribution in [1.29, 1.82) is 0 Å². The van der Waals surface area contributed by atoms with E-state index in [4.69, 9.17) is 9.47 Å². The first-order valence-electron chi connectivity index (χ1n) is 7.07. The van der Waals surface area contributed by atoms with Gasteiger partial charge in [0.1, 0.15) is 11.5 Å². The molecule has 2 aromatic carbocycles. The van der Waals surface area contributed by atoms with Gasteiger partial charge in [0.05, 0.1) is 0 Å². The lowest BCUT2D eigenvalue weighted by atomic mass is 10.3. The van der Waals surface area contributed by atoms with Gasteiger partial charge in [0, 0.05) is 6.04 Å². The van der Waals surface area contributed by atoms with Crippen molar-refractivity contribution in [2.45, 2.75) is 18.9 Å². The van der Waals surface area contributed by atoms with E-state index >= 15 is 0 Å². The van der Waals surface area contributed by atoms with Crippen LogP contribution in [-0.2, 0) is 0 Å². The van der Waals surface area contributed by atoms with Crippen LogP contribution in [0.4, 0.5) is 9.59 Å². The summed E-state index contributed by atoms with van der Waals surface area (Å²) in [7, 11) is 0. The molecule has 1 aliphatic rings. The van der Waals surface area contributed by atoms with Gasteiger partial charge in [0.15, 0.2) is 0 Å². The number of carbonyl (C=O) groups excluding carboxylic acids is 2. The Bertz CT molecular complexity index is 599. The van der Waals surface area contributed by atoms with Crippen molar-refractivity contribution in [3.63, 3.8) is 0 Å². The highest BCUT2D eigenvalue weighted by Gasteiger charge is 2.40. The van der Waals surface area contributed by atoms with Crippen LogP contribution in [0.25, 0.3) is 0 Å². The molecule has 1 aliphatic carbocycles. The van der Waals surface area contributed by atoms with Gasteiger partial charge in [-0.15, -0.1) is 0 Å². The zero-order valence-electron chi connectivity index (χ0n) is 11.8. The first-order valence-corrected chi connectivity index (χ1v) is 7.07. The minimum Gasteiger partial charge on any atom is -0.410 e.